The van der Waals surface area contributed by atoms with Crippen molar-refractivity contribution in [2.75, 3.05) is 0 Å². The molecule has 0 aliphatic heterocycles. The lowest BCUT2D eigenvalue weighted by atomic mass is 9.89. The molecule has 0 bridgehead atoms. The quantitative estimate of drug-likeness (QED) is 0.670. The van der Waals surface area contributed by atoms with Crippen LogP contribution in [0.1, 0.15) is 30.4 Å². The third-order valence-electron chi connectivity index (χ3n) is 3.10. The van der Waals surface area contributed by atoms with Crippen LogP contribution in [0.25, 0.3) is 0 Å². The highest BCUT2D eigenvalue weighted by Crippen LogP contribution is 2.32. The average Bonchev–Trinajstić information content (AvgIpc) is 2.39. The molecular formula is C15H12Cl2F2. The van der Waals surface area contributed by atoms with E-state index in [1.807, 2.05) is 6.92 Å². The first-order valence-corrected chi connectivity index (χ1v) is 6.68. The van der Waals surface area contributed by atoms with Gasteiger partial charge in [-0.2, -0.15) is 0 Å². The lowest BCUT2D eigenvalue weighted by Gasteiger charge is -2.17. The smallest absolute Gasteiger partial charge is 0.141 e. The first-order chi connectivity index (χ1) is 9.02. The molecule has 0 aliphatic carbocycles. The van der Waals surface area contributed by atoms with Gasteiger partial charge in [0.15, 0.2) is 0 Å². The minimum absolute atomic E-state index is 0.0104. The van der Waals surface area contributed by atoms with Gasteiger partial charge in [0.2, 0.25) is 0 Å². The van der Waals surface area contributed by atoms with E-state index < -0.39 is 11.6 Å². The summed E-state index contributed by atoms with van der Waals surface area (Å²) < 4.78 is 26.4. The van der Waals surface area contributed by atoms with Gasteiger partial charge in [-0.15, -0.1) is 0 Å². The highest BCUT2D eigenvalue weighted by molar-refractivity contribution is 6.31. The summed E-state index contributed by atoms with van der Waals surface area (Å²) in [5.74, 6) is -0.883. The van der Waals surface area contributed by atoms with Crippen LogP contribution in [0.15, 0.2) is 36.4 Å². The Labute approximate surface area is 121 Å². The van der Waals surface area contributed by atoms with E-state index in [4.69, 9.17) is 23.2 Å². The van der Waals surface area contributed by atoms with Crippen molar-refractivity contribution in [1.29, 1.82) is 0 Å². The predicted molar refractivity (Wildman–Crippen MR) is 75.0 cm³/mol. The molecule has 0 radical (unpaired) electrons. The average molecular weight is 301 g/mol. The number of halogens is 4. The van der Waals surface area contributed by atoms with E-state index in [-0.39, 0.29) is 16.0 Å². The minimum Gasteiger partial charge on any atom is -0.205 e. The summed E-state index contributed by atoms with van der Waals surface area (Å²) in [5.41, 5.74) is 1.77. The molecule has 2 rings (SSSR count). The van der Waals surface area contributed by atoms with Crippen LogP contribution in [0, 0.1) is 11.6 Å². The molecule has 0 aromatic heterocycles. The molecule has 0 spiro atoms. The number of hydrogen-bond acceptors (Lipinski definition) is 0. The van der Waals surface area contributed by atoms with E-state index in [0.717, 1.165) is 17.5 Å². The second kappa shape index (κ2) is 5.89. The molecule has 100 valence electrons. The third-order valence-corrected chi connectivity index (χ3v) is 3.68. The van der Waals surface area contributed by atoms with Crippen molar-refractivity contribution in [2.45, 2.75) is 19.3 Å². The van der Waals surface area contributed by atoms with E-state index in [0.29, 0.717) is 0 Å². The van der Waals surface area contributed by atoms with Gasteiger partial charge in [0.25, 0.3) is 0 Å². The summed E-state index contributed by atoms with van der Waals surface area (Å²) in [6.07, 6.45) is 0.782. The first kappa shape index (κ1) is 14.3. The zero-order chi connectivity index (χ0) is 14.0. The second-order valence-corrected chi connectivity index (χ2v) is 5.12. The SMILES string of the molecule is CCC(c1ccc(F)c(Cl)c1)c1ccc(F)c(Cl)c1. The topological polar surface area (TPSA) is 0 Å². The van der Waals surface area contributed by atoms with Gasteiger partial charge in [0.1, 0.15) is 11.6 Å². The Kier molecular flexibility index (Phi) is 4.43. The maximum Gasteiger partial charge on any atom is 0.141 e. The second-order valence-electron chi connectivity index (χ2n) is 4.31. The van der Waals surface area contributed by atoms with Gasteiger partial charge in [0, 0.05) is 5.92 Å². The zero-order valence-corrected chi connectivity index (χ0v) is 11.8. The Morgan fingerprint density at radius 2 is 1.32 bits per heavy atom. The molecule has 0 aliphatic rings. The van der Waals surface area contributed by atoms with Gasteiger partial charge < -0.3 is 0 Å². The fraction of sp³-hybridized carbons (Fsp3) is 0.200. The Morgan fingerprint density at radius 1 is 0.895 bits per heavy atom. The predicted octanol–water partition coefficient (Wildman–Crippen LogP) is 5.81. The summed E-state index contributed by atoms with van der Waals surface area (Å²) in [7, 11) is 0. The lowest BCUT2D eigenvalue weighted by molar-refractivity contribution is 0.624. The van der Waals surface area contributed by atoms with Crippen LogP contribution < -0.4 is 0 Å². The summed E-state index contributed by atoms with van der Waals surface area (Å²) in [5, 5.41) is 0.174. The zero-order valence-electron chi connectivity index (χ0n) is 10.3. The molecule has 0 nitrogen and oxygen atoms in total. The van der Waals surface area contributed by atoms with Crippen LogP contribution >= 0.6 is 23.2 Å². The molecule has 0 saturated carbocycles. The van der Waals surface area contributed by atoms with Gasteiger partial charge in [-0.25, -0.2) is 8.78 Å². The van der Waals surface area contributed by atoms with Crippen molar-refractivity contribution in [3.05, 3.63) is 69.2 Å². The number of hydrogen-bond donors (Lipinski definition) is 0. The molecule has 0 fully saturated rings. The van der Waals surface area contributed by atoms with E-state index in [1.54, 1.807) is 24.3 Å². The van der Waals surface area contributed by atoms with E-state index >= 15 is 0 Å². The van der Waals surface area contributed by atoms with Gasteiger partial charge in [-0.1, -0.05) is 42.3 Å². The molecule has 0 heterocycles. The van der Waals surface area contributed by atoms with Crippen molar-refractivity contribution in [3.8, 4) is 0 Å². The first-order valence-electron chi connectivity index (χ1n) is 5.92. The van der Waals surface area contributed by atoms with Crippen LogP contribution in [-0.2, 0) is 0 Å². The van der Waals surface area contributed by atoms with Gasteiger partial charge in [-0.3, -0.25) is 0 Å². The molecular weight excluding hydrogens is 289 g/mol. The molecule has 2 aromatic rings. The van der Waals surface area contributed by atoms with Gasteiger partial charge in [0.05, 0.1) is 10.0 Å². The van der Waals surface area contributed by atoms with Crippen LogP contribution in [0.4, 0.5) is 8.78 Å². The van der Waals surface area contributed by atoms with Gasteiger partial charge >= 0.3 is 0 Å². The van der Waals surface area contributed by atoms with Gasteiger partial charge in [-0.05, 0) is 41.8 Å². The molecule has 0 N–H and O–H groups in total. The van der Waals surface area contributed by atoms with Crippen LogP contribution in [0.2, 0.25) is 10.0 Å². The highest BCUT2D eigenvalue weighted by Gasteiger charge is 2.15. The van der Waals surface area contributed by atoms with Crippen LogP contribution in [-0.4, -0.2) is 0 Å². The molecule has 0 atom stereocenters. The maximum absolute atomic E-state index is 13.2. The van der Waals surface area contributed by atoms with Crippen LogP contribution in [0.5, 0.6) is 0 Å². The Morgan fingerprint density at radius 3 is 1.63 bits per heavy atom. The van der Waals surface area contributed by atoms with Crippen molar-refractivity contribution < 1.29 is 8.78 Å². The largest absolute Gasteiger partial charge is 0.205 e. The fourth-order valence-corrected chi connectivity index (χ4v) is 2.50. The highest BCUT2D eigenvalue weighted by atomic mass is 35.5. The monoisotopic (exact) mass is 300 g/mol. The minimum atomic E-state index is -0.447. The summed E-state index contributed by atoms with van der Waals surface area (Å²) in [6.45, 7) is 2.00. The lowest BCUT2D eigenvalue weighted by Crippen LogP contribution is -2.00. The standard InChI is InChI=1S/C15H12Cl2F2/c1-2-11(9-3-5-14(18)12(16)7-9)10-4-6-15(19)13(17)8-10/h3-8,11H,2H2,1H3. The maximum atomic E-state index is 13.2. The Hall–Kier alpha value is -1.12. The van der Waals surface area contributed by atoms with E-state index in [1.165, 1.54) is 12.1 Å². The summed E-state index contributed by atoms with van der Waals surface area (Å²) in [6, 6.07) is 9.25. The number of benzene rings is 2. The molecule has 19 heavy (non-hydrogen) atoms. The number of rotatable bonds is 3. The van der Waals surface area contributed by atoms with E-state index in [9.17, 15) is 8.78 Å². The molecule has 0 amide bonds. The molecule has 2 aromatic carbocycles. The van der Waals surface area contributed by atoms with Crippen molar-refractivity contribution in [2.24, 2.45) is 0 Å². The summed E-state index contributed by atoms with van der Waals surface area (Å²) >= 11 is 11.6. The summed E-state index contributed by atoms with van der Waals surface area (Å²) in [4.78, 5) is 0. The molecule has 4 heteroatoms. The molecule has 0 unspecified atom stereocenters. The van der Waals surface area contributed by atoms with Crippen molar-refractivity contribution in [3.63, 3.8) is 0 Å². The van der Waals surface area contributed by atoms with Crippen molar-refractivity contribution in [1.82, 2.24) is 0 Å². The van der Waals surface area contributed by atoms with Crippen molar-refractivity contribution >= 4 is 23.2 Å². The van der Waals surface area contributed by atoms with Crippen LogP contribution in [0.3, 0.4) is 0 Å². The Bertz CT molecular complexity index is 545. The normalized spacial score (nSPS) is 11.1. The molecule has 0 saturated heterocycles. The third kappa shape index (κ3) is 3.07. The Balaban J connectivity index is 2.43. The fourth-order valence-electron chi connectivity index (χ4n) is 2.12. The van der Waals surface area contributed by atoms with E-state index in [2.05, 4.69) is 0 Å².